The number of nitrogens with zero attached hydrogens (tertiary/aromatic N) is 1. The molecule has 0 aromatic carbocycles. The van der Waals surface area contributed by atoms with Gasteiger partial charge in [-0.15, -0.1) is 11.3 Å². The van der Waals surface area contributed by atoms with Crippen molar-refractivity contribution in [3.63, 3.8) is 0 Å². The average Bonchev–Trinajstić information content (AvgIpc) is 2.65. The van der Waals surface area contributed by atoms with E-state index in [9.17, 15) is 4.79 Å². The molecule has 1 unspecified atom stereocenters. The Hall–Kier alpha value is -0.870. The van der Waals surface area contributed by atoms with E-state index in [0.717, 1.165) is 13.0 Å². The molecule has 4 heteroatoms. The first kappa shape index (κ1) is 13.2. The molecule has 0 fully saturated rings. The lowest BCUT2D eigenvalue weighted by atomic mass is 10.0. The number of carboxylic acid groups (broad SMARTS) is 1. The normalized spacial score (nSPS) is 13.3. The highest BCUT2D eigenvalue weighted by Crippen LogP contribution is 2.13. The highest BCUT2D eigenvalue weighted by atomic mass is 32.1. The van der Waals surface area contributed by atoms with Crippen molar-refractivity contribution in [3.8, 4) is 0 Å². The van der Waals surface area contributed by atoms with E-state index >= 15 is 0 Å². The van der Waals surface area contributed by atoms with Crippen molar-refractivity contribution in [1.29, 1.82) is 0 Å². The van der Waals surface area contributed by atoms with Gasteiger partial charge in [0.15, 0.2) is 0 Å². The Morgan fingerprint density at radius 3 is 2.69 bits per heavy atom. The Kier molecular flexibility index (Phi) is 4.96. The van der Waals surface area contributed by atoms with Gasteiger partial charge >= 0.3 is 5.97 Å². The topological polar surface area (TPSA) is 40.5 Å². The van der Waals surface area contributed by atoms with Crippen molar-refractivity contribution in [2.45, 2.75) is 26.3 Å². The van der Waals surface area contributed by atoms with Crippen LogP contribution < -0.4 is 0 Å². The molecule has 0 radical (unpaired) electrons. The van der Waals surface area contributed by atoms with Crippen LogP contribution in [0.15, 0.2) is 17.5 Å². The standard InChI is InChI=1S/C12H19NO2S/c1-9(2)11(12(14)15)13(3)7-6-10-5-4-8-16-10/h4-5,8-9,11H,6-7H2,1-3H3,(H,14,15). The van der Waals surface area contributed by atoms with E-state index < -0.39 is 5.97 Å². The fraction of sp³-hybridized carbons (Fsp3) is 0.583. The second-order valence-electron chi connectivity index (χ2n) is 4.34. The van der Waals surface area contributed by atoms with Crippen LogP contribution in [0.5, 0.6) is 0 Å². The molecule has 0 bridgehead atoms. The fourth-order valence-electron chi connectivity index (χ4n) is 1.86. The molecule has 0 spiro atoms. The van der Waals surface area contributed by atoms with Crippen molar-refractivity contribution in [1.82, 2.24) is 4.90 Å². The molecule has 0 saturated heterocycles. The lowest BCUT2D eigenvalue weighted by Crippen LogP contribution is -2.43. The van der Waals surface area contributed by atoms with Gasteiger partial charge in [0.05, 0.1) is 0 Å². The third kappa shape index (κ3) is 3.61. The SMILES string of the molecule is CC(C)C(C(=O)O)N(C)CCc1cccs1. The molecule has 1 rings (SSSR count). The van der Waals surface area contributed by atoms with Crippen LogP contribution in [-0.2, 0) is 11.2 Å². The zero-order valence-corrected chi connectivity index (χ0v) is 10.8. The van der Waals surface area contributed by atoms with Crippen LogP contribution in [0.4, 0.5) is 0 Å². The lowest BCUT2D eigenvalue weighted by Gasteiger charge is -2.27. The number of hydrogen-bond donors (Lipinski definition) is 1. The van der Waals surface area contributed by atoms with E-state index in [1.165, 1.54) is 4.88 Å². The minimum atomic E-state index is -0.733. The van der Waals surface area contributed by atoms with Gasteiger partial charge in [-0.1, -0.05) is 19.9 Å². The summed E-state index contributed by atoms with van der Waals surface area (Å²) in [5.41, 5.74) is 0. The molecule has 16 heavy (non-hydrogen) atoms. The van der Waals surface area contributed by atoms with E-state index in [4.69, 9.17) is 5.11 Å². The zero-order chi connectivity index (χ0) is 12.1. The van der Waals surface area contributed by atoms with Crippen LogP contribution in [0.25, 0.3) is 0 Å². The van der Waals surface area contributed by atoms with Crippen LogP contribution >= 0.6 is 11.3 Å². The van der Waals surface area contributed by atoms with Gasteiger partial charge in [0.1, 0.15) is 6.04 Å². The summed E-state index contributed by atoms with van der Waals surface area (Å²) in [4.78, 5) is 14.3. The quantitative estimate of drug-likeness (QED) is 0.831. The van der Waals surface area contributed by atoms with Crippen molar-refractivity contribution >= 4 is 17.3 Å². The summed E-state index contributed by atoms with van der Waals surface area (Å²) >= 11 is 1.72. The predicted octanol–water partition coefficient (Wildman–Crippen LogP) is 2.33. The van der Waals surface area contributed by atoms with Crippen LogP contribution in [0, 0.1) is 5.92 Å². The van der Waals surface area contributed by atoms with Gasteiger partial charge < -0.3 is 5.11 Å². The smallest absolute Gasteiger partial charge is 0.321 e. The molecule has 90 valence electrons. The molecule has 0 aliphatic rings. The summed E-state index contributed by atoms with van der Waals surface area (Å²) in [5.74, 6) is -0.602. The second-order valence-corrected chi connectivity index (χ2v) is 5.37. The molecule has 1 aromatic rings. The largest absolute Gasteiger partial charge is 0.480 e. The van der Waals surface area contributed by atoms with Crippen LogP contribution in [0.1, 0.15) is 18.7 Å². The maximum Gasteiger partial charge on any atom is 0.321 e. The number of rotatable bonds is 6. The van der Waals surface area contributed by atoms with Gasteiger partial charge in [-0.05, 0) is 30.8 Å². The highest BCUT2D eigenvalue weighted by Gasteiger charge is 2.25. The van der Waals surface area contributed by atoms with Gasteiger partial charge in [0, 0.05) is 11.4 Å². The molecular formula is C12H19NO2S. The van der Waals surface area contributed by atoms with Gasteiger partial charge in [0.2, 0.25) is 0 Å². The average molecular weight is 241 g/mol. The van der Waals surface area contributed by atoms with Crippen LogP contribution in [-0.4, -0.2) is 35.6 Å². The Balaban J connectivity index is 2.49. The number of hydrogen-bond acceptors (Lipinski definition) is 3. The van der Waals surface area contributed by atoms with E-state index in [-0.39, 0.29) is 12.0 Å². The summed E-state index contributed by atoms with van der Waals surface area (Å²) in [6.07, 6.45) is 0.921. The summed E-state index contributed by atoms with van der Waals surface area (Å²) in [6, 6.07) is 3.72. The summed E-state index contributed by atoms with van der Waals surface area (Å²) < 4.78 is 0. The first-order chi connectivity index (χ1) is 7.52. The number of likely N-dealkylation sites (N-methyl/N-ethyl adjacent to an activating group) is 1. The second kappa shape index (κ2) is 6.01. The van der Waals surface area contributed by atoms with E-state index in [0.29, 0.717) is 0 Å². The Bertz CT molecular complexity index is 322. The predicted molar refractivity (Wildman–Crippen MR) is 66.9 cm³/mol. The third-order valence-electron chi connectivity index (χ3n) is 2.65. The monoisotopic (exact) mass is 241 g/mol. The number of aliphatic carboxylic acids is 1. The Labute approximate surface area is 101 Å². The maximum absolute atomic E-state index is 11.1. The first-order valence-electron chi connectivity index (χ1n) is 5.47. The Morgan fingerprint density at radius 1 is 1.56 bits per heavy atom. The molecule has 1 N–H and O–H groups in total. The maximum atomic E-state index is 11.1. The molecule has 0 amide bonds. The summed E-state index contributed by atoms with van der Waals surface area (Å²) in [5, 5.41) is 11.2. The van der Waals surface area contributed by atoms with E-state index in [1.807, 2.05) is 37.2 Å². The van der Waals surface area contributed by atoms with Crippen LogP contribution in [0.3, 0.4) is 0 Å². The lowest BCUT2D eigenvalue weighted by molar-refractivity contribution is -0.144. The van der Waals surface area contributed by atoms with Crippen LogP contribution in [0.2, 0.25) is 0 Å². The summed E-state index contributed by atoms with van der Waals surface area (Å²) in [6.45, 7) is 4.68. The van der Waals surface area contributed by atoms with Gasteiger partial charge in [-0.2, -0.15) is 0 Å². The zero-order valence-electron chi connectivity index (χ0n) is 10.0. The number of carbonyl (C=O) groups is 1. The molecule has 0 saturated carbocycles. The highest BCUT2D eigenvalue weighted by molar-refractivity contribution is 7.09. The van der Waals surface area contributed by atoms with Crippen molar-refractivity contribution in [2.75, 3.05) is 13.6 Å². The van der Waals surface area contributed by atoms with Gasteiger partial charge in [-0.25, -0.2) is 0 Å². The first-order valence-corrected chi connectivity index (χ1v) is 6.35. The fourth-order valence-corrected chi connectivity index (χ4v) is 2.56. The van der Waals surface area contributed by atoms with E-state index in [1.54, 1.807) is 11.3 Å². The van der Waals surface area contributed by atoms with Gasteiger partial charge in [0.25, 0.3) is 0 Å². The molecule has 0 aliphatic heterocycles. The summed E-state index contributed by atoms with van der Waals surface area (Å²) in [7, 11) is 1.88. The number of thiophene rings is 1. The minimum absolute atomic E-state index is 0.130. The van der Waals surface area contributed by atoms with Gasteiger partial charge in [-0.3, -0.25) is 9.69 Å². The minimum Gasteiger partial charge on any atom is -0.480 e. The number of carboxylic acids is 1. The molecule has 0 aliphatic carbocycles. The van der Waals surface area contributed by atoms with Crippen molar-refractivity contribution < 1.29 is 9.90 Å². The molecule has 1 aromatic heterocycles. The van der Waals surface area contributed by atoms with Crippen molar-refractivity contribution in [3.05, 3.63) is 22.4 Å². The Morgan fingerprint density at radius 2 is 2.25 bits per heavy atom. The molecular weight excluding hydrogens is 222 g/mol. The van der Waals surface area contributed by atoms with E-state index in [2.05, 4.69) is 6.07 Å². The molecule has 1 heterocycles. The van der Waals surface area contributed by atoms with Crippen molar-refractivity contribution in [2.24, 2.45) is 5.92 Å². The third-order valence-corrected chi connectivity index (χ3v) is 3.59. The molecule has 1 atom stereocenters. The molecule has 3 nitrogen and oxygen atoms in total.